The number of methoxy groups -OCH3 is 1. The average molecular weight is 393 g/mol. The van der Waals surface area contributed by atoms with Gasteiger partial charge in [-0.1, -0.05) is 36.4 Å². The van der Waals surface area contributed by atoms with Crippen molar-refractivity contribution in [2.24, 2.45) is 0 Å². The van der Waals surface area contributed by atoms with Crippen LogP contribution < -0.4 is 10.1 Å². The summed E-state index contributed by atoms with van der Waals surface area (Å²) in [4.78, 5) is 18.2. The summed E-state index contributed by atoms with van der Waals surface area (Å²) < 4.78 is 16.4. The van der Waals surface area contributed by atoms with Crippen molar-refractivity contribution in [1.82, 2.24) is 5.32 Å². The molecule has 0 saturated carbocycles. The van der Waals surface area contributed by atoms with Gasteiger partial charge in [-0.3, -0.25) is 0 Å². The van der Waals surface area contributed by atoms with Crippen LogP contribution in [0.15, 0.2) is 42.5 Å². The van der Waals surface area contributed by atoms with Crippen LogP contribution in [0.3, 0.4) is 0 Å². The first-order valence-corrected chi connectivity index (χ1v) is 8.90. The molecule has 0 saturated heterocycles. The Morgan fingerprint density at radius 1 is 0.893 bits per heavy atom. The molecule has 2 rings (SSSR count). The zero-order valence-electron chi connectivity index (χ0n) is 15.9. The molecule has 2 aromatic carbocycles. The van der Waals surface area contributed by atoms with Crippen molar-refractivity contribution in [2.45, 2.75) is 6.42 Å². The van der Waals surface area contributed by atoms with Gasteiger partial charge in [0.2, 0.25) is 0 Å². The maximum absolute atomic E-state index is 9.10. The van der Waals surface area contributed by atoms with Gasteiger partial charge in [-0.05, 0) is 24.4 Å². The number of nitrogens with one attached hydrogen (secondary N) is 1. The third kappa shape index (κ3) is 9.86. The molecular formula is C20H27NO7. The van der Waals surface area contributed by atoms with E-state index >= 15 is 0 Å². The Hall–Kier alpha value is -2.68. The van der Waals surface area contributed by atoms with Gasteiger partial charge < -0.3 is 29.7 Å². The van der Waals surface area contributed by atoms with Gasteiger partial charge in [0.25, 0.3) is 0 Å². The maximum Gasteiger partial charge on any atom is 0.414 e. The average Bonchev–Trinajstić information content (AvgIpc) is 2.70. The van der Waals surface area contributed by atoms with Gasteiger partial charge in [-0.25, -0.2) is 9.59 Å². The van der Waals surface area contributed by atoms with Gasteiger partial charge in [0.05, 0.1) is 13.2 Å². The lowest BCUT2D eigenvalue weighted by Gasteiger charge is -2.10. The van der Waals surface area contributed by atoms with Crippen LogP contribution in [0.4, 0.5) is 0 Å². The van der Waals surface area contributed by atoms with Crippen LogP contribution in [0, 0.1) is 0 Å². The molecule has 0 aliphatic carbocycles. The Morgan fingerprint density at radius 3 is 2.32 bits per heavy atom. The molecule has 0 amide bonds. The van der Waals surface area contributed by atoms with E-state index in [1.807, 2.05) is 24.3 Å². The fourth-order valence-corrected chi connectivity index (χ4v) is 2.25. The molecule has 8 nitrogen and oxygen atoms in total. The first-order chi connectivity index (χ1) is 13.6. The summed E-state index contributed by atoms with van der Waals surface area (Å²) in [6, 6.07) is 14.3. The van der Waals surface area contributed by atoms with Gasteiger partial charge in [-0.2, -0.15) is 0 Å². The Balaban J connectivity index is 0.000000568. The molecule has 3 N–H and O–H groups in total. The predicted molar refractivity (Wildman–Crippen MR) is 105 cm³/mol. The molecule has 0 heterocycles. The summed E-state index contributed by atoms with van der Waals surface area (Å²) >= 11 is 0. The maximum atomic E-state index is 9.10. The molecule has 0 spiro atoms. The fourth-order valence-electron chi connectivity index (χ4n) is 2.25. The van der Waals surface area contributed by atoms with Gasteiger partial charge >= 0.3 is 11.9 Å². The standard InChI is InChI=1S/C18H25NO3.C2H2O4/c1-20-12-5-10-19-11-13-21-14-15-22-18-9-4-7-16-6-2-3-8-17(16)18;3-1(4)2(5)6/h2-4,6-9,19H,5,10-15H2,1H3;(H,3,4)(H,5,6). The third-order valence-corrected chi connectivity index (χ3v) is 3.54. The highest BCUT2D eigenvalue weighted by atomic mass is 16.5. The second-order valence-electron chi connectivity index (χ2n) is 5.64. The molecule has 0 aliphatic rings. The zero-order valence-corrected chi connectivity index (χ0v) is 15.9. The van der Waals surface area contributed by atoms with Crippen molar-refractivity contribution in [3.63, 3.8) is 0 Å². The minimum atomic E-state index is -1.82. The molecule has 0 radical (unpaired) electrons. The first-order valence-electron chi connectivity index (χ1n) is 8.90. The second kappa shape index (κ2) is 14.4. The number of carboxylic acid groups (broad SMARTS) is 2. The van der Waals surface area contributed by atoms with Crippen LogP contribution in [0.2, 0.25) is 0 Å². The summed E-state index contributed by atoms with van der Waals surface area (Å²) in [5.41, 5.74) is 0. The van der Waals surface area contributed by atoms with Crippen LogP contribution >= 0.6 is 0 Å². The zero-order chi connectivity index (χ0) is 20.6. The number of fused-ring (bicyclic) bond motifs is 1. The van der Waals surface area contributed by atoms with E-state index in [4.69, 9.17) is 34.0 Å². The number of rotatable bonds is 11. The normalized spacial score (nSPS) is 10.2. The summed E-state index contributed by atoms with van der Waals surface area (Å²) in [7, 11) is 1.72. The van der Waals surface area contributed by atoms with Crippen molar-refractivity contribution in [1.29, 1.82) is 0 Å². The van der Waals surface area contributed by atoms with Gasteiger partial charge in [-0.15, -0.1) is 0 Å². The molecule has 154 valence electrons. The number of ether oxygens (including phenoxy) is 3. The number of carbonyl (C=O) groups is 2. The fraction of sp³-hybridized carbons (Fsp3) is 0.400. The van der Waals surface area contributed by atoms with E-state index in [1.54, 1.807) is 7.11 Å². The van der Waals surface area contributed by atoms with E-state index in [1.165, 1.54) is 5.39 Å². The van der Waals surface area contributed by atoms with Crippen LogP contribution in [-0.4, -0.2) is 68.8 Å². The highest BCUT2D eigenvalue weighted by Crippen LogP contribution is 2.24. The quantitative estimate of drug-likeness (QED) is 0.392. The highest BCUT2D eigenvalue weighted by Gasteiger charge is 2.04. The SMILES string of the molecule is COCCCNCCOCCOc1cccc2ccccc12.O=C(O)C(=O)O. The Bertz CT molecular complexity index is 703. The lowest BCUT2D eigenvalue weighted by Crippen LogP contribution is -2.22. The number of hydrogen-bond acceptors (Lipinski definition) is 6. The Morgan fingerprint density at radius 2 is 1.61 bits per heavy atom. The summed E-state index contributed by atoms with van der Waals surface area (Å²) in [6.07, 6.45) is 1.03. The van der Waals surface area contributed by atoms with Crippen LogP contribution in [-0.2, 0) is 19.1 Å². The number of carboxylic acids is 2. The monoisotopic (exact) mass is 393 g/mol. The molecule has 0 unspecified atom stereocenters. The molecule has 0 aromatic heterocycles. The molecular weight excluding hydrogens is 366 g/mol. The molecule has 0 bridgehead atoms. The summed E-state index contributed by atoms with van der Waals surface area (Å²) in [5, 5.41) is 20.4. The predicted octanol–water partition coefficient (Wildman–Crippen LogP) is 2.02. The van der Waals surface area contributed by atoms with E-state index in [9.17, 15) is 0 Å². The minimum absolute atomic E-state index is 0.567. The molecule has 28 heavy (non-hydrogen) atoms. The topological polar surface area (TPSA) is 114 Å². The Kier molecular flexibility index (Phi) is 12.0. The molecule has 0 fully saturated rings. The molecule has 8 heteroatoms. The van der Waals surface area contributed by atoms with Crippen molar-refractivity contribution in [3.05, 3.63) is 42.5 Å². The van der Waals surface area contributed by atoms with Gasteiger partial charge in [0.15, 0.2) is 0 Å². The van der Waals surface area contributed by atoms with E-state index in [0.29, 0.717) is 19.8 Å². The van der Waals surface area contributed by atoms with E-state index in [2.05, 4.69) is 23.5 Å². The lowest BCUT2D eigenvalue weighted by atomic mass is 10.1. The minimum Gasteiger partial charge on any atom is -0.491 e. The first kappa shape index (κ1) is 23.4. The largest absolute Gasteiger partial charge is 0.491 e. The second-order valence-corrected chi connectivity index (χ2v) is 5.64. The molecule has 2 aromatic rings. The third-order valence-electron chi connectivity index (χ3n) is 3.54. The number of aliphatic carboxylic acids is 2. The van der Waals surface area contributed by atoms with Crippen molar-refractivity contribution < 1.29 is 34.0 Å². The van der Waals surface area contributed by atoms with Crippen molar-refractivity contribution in [2.75, 3.05) is 46.6 Å². The van der Waals surface area contributed by atoms with Crippen LogP contribution in [0.25, 0.3) is 10.8 Å². The summed E-state index contributed by atoms with van der Waals surface area (Å²) in [5.74, 6) is -2.73. The number of hydrogen-bond donors (Lipinski definition) is 3. The Labute approximate surface area is 164 Å². The van der Waals surface area contributed by atoms with Crippen LogP contribution in [0.5, 0.6) is 5.75 Å². The van der Waals surface area contributed by atoms with E-state index in [0.717, 1.165) is 37.3 Å². The summed E-state index contributed by atoms with van der Waals surface area (Å²) in [6.45, 7) is 4.49. The van der Waals surface area contributed by atoms with Crippen LogP contribution in [0.1, 0.15) is 6.42 Å². The van der Waals surface area contributed by atoms with Crippen molar-refractivity contribution in [3.8, 4) is 5.75 Å². The van der Waals surface area contributed by atoms with E-state index in [-0.39, 0.29) is 0 Å². The van der Waals surface area contributed by atoms with E-state index < -0.39 is 11.9 Å². The number of benzene rings is 2. The molecule has 0 atom stereocenters. The van der Waals surface area contributed by atoms with Crippen molar-refractivity contribution >= 4 is 22.7 Å². The lowest BCUT2D eigenvalue weighted by molar-refractivity contribution is -0.159. The highest BCUT2D eigenvalue weighted by molar-refractivity contribution is 6.27. The van der Waals surface area contributed by atoms with Gasteiger partial charge in [0, 0.05) is 25.6 Å². The molecule has 0 aliphatic heterocycles. The van der Waals surface area contributed by atoms with Gasteiger partial charge in [0.1, 0.15) is 12.4 Å². The smallest absolute Gasteiger partial charge is 0.414 e.